The lowest BCUT2D eigenvalue weighted by Gasteiger charge is -2.07. The molecule has 6 nitrogen and oxygen atoms in total. The van der Waals surface area contributed by atoms with Gasteiger partial charge >= 0.3 is 0 Å². The summed E-state index contributed by atoms with van der Waals surface area (Å²) >= 11 is 0. The molecule has 5 rings (SSSR count). The van der Waals surface area contributed by atoms with Gasteiger partial charge < -0.3 is 10.1 Å². The quantitative estimate of drug-likeness (QED) is 0.333. The minimum Gasteiger partial charge on any atom is -0.457 e. The number of ether oxygens (including phenoxy) is 1. The maximum Gasteiger partial charge on any atom is 0.295 e. The van der Waals surface area contributed by atoms with Gasteiger partial charge in [0.25, 0.3) is 5.91 Å². The summed E-state index contributed by atoms with van der Waals surface area (Å²) < 4.78 is 7.50. The van der Waals surface area contributed by atoms with Crippen molar-refractivity contribution < 1.29 is 9.53 Å². The number of anilines is 1. The number of carbonyl (C=O) groups excluding carboxylic acids is 1. The van der Waals surface area contributed by atoms with Crippen LogP contribution in [0.15, 0.2) is 109 Å². The van der Waals surface area contributed by atoms with Gasteiger partial charge in [-0.05, 0) is 55.5 Å². The summed E-state index contributed by atoms with van der Waals surface area (Å²) in [5.41, 5.74) is 3.47. The van der Waals surface area contributed by atoms with Crippen LogP contribution in [0.25, 0.3) is 17.1 Å². The number of amides is 1. The number of rotatable bonds is 6. The number of nitrogens with zero attached hydrogens (tertiary/aromatic N) is 3. The molecule has 0 bridgehead atoms. The van der Waals surface area contributed by atoms with Gasteiger partial charge in [0.1, 0.15) is 11.5 Å². The maximum absolute atomic E-state index is 13.0. The lowest BCUT2D eigenvalue weighted by Crippen LogP contribution is -2.14. The van der Waals surface area contributed by atoms with Gasteiger partial charge in [-0.1, -0.05) is 66.2 Å². The fourth-order valence-corrected chi connectivity index (χ4v) is 3.47. The second-order valence-corrected chi connectivity index (χ2v) is 7.77. The second kappa shape index (κ2) is 9.42. The van der Waals surface area contributed by atoms with Gasteiger partial charge in [-0.3, -0.25) is 4.79 Å². The van der Waals surface area contributed by atoms with Crippen LogP contribution in [0.5, 0.6) is 11.5 Å². The summed E-state index contributed by atoms with van der Waals surface area (Å²) in [6, 6.07) is 34.3. The summed E-state index contributed by atoms with van der Waals surface area (Å²) in [6.45, 7) is 2.03. The van der Waals surface area contributed by atoms with Crippen LogP contribution in [0.4, 0.5) is 5.69 Å². The Bertz CT molecular complexity index is 1400. The highest BCUT2D eigenvalue weighted by Gasteiger charge is 2.19. The molecule has 0 saturated heterocycles. The average Bonchev–Trinajstić information content (AvgIpc) is 3.33. The van der Waals surface area contributed by atoms with Crippen LogP contribution >= 0.6 is 0 Å². The van der Waals surface area contributed by atoms with E-state index in [0.29, 0.717) is 17.3 Å². The highest BCUT2D eigenvalue weighted by Crippen LogP contribution is 2.24. The van der Waals surface area contributed by atoms with Gasteiger partial charge in [0.2, 0.25) is 5.82 Å². The van der Waals surface area contributed by atoms with Crippen molar-refractivity contribution in [3.05, 3.63) is 121 Å². The molecule has 0 spiro atoms. The summed E-state index contributed by atoms with van der Waals surface area (Å²) in [4.78, 5) is 17.6. The molecule has 0 fully saturated rings. The van der Waals surface area contributed by atoms with E-state index in [1.54, 1.807) is 28.9 Å². The van der Waals surface area contributed by atoms with Crippen molar-refractivity contribution in [1.82, 2.24) is 14.8 Å². The van der Waals surface area contributed by atoms with Gasteiger partial charge in [-0.25, -0.2) is 9.67 Å². The van der Waals surface area contributed by atoms with Crippen LogP contribution in [0, 0.1) is 6.92 Å². The molecule has 1 heterocycles. The Balaban J connectivity index is 1.39. The number of carbonyl (C=O) groups is 1. The lowest BCUT2D eigenvalue weighted by atomic mass is 10.2. The van der Waals surface area contributed by atoms with Crippen LogP contribution in [0.2, 0.25) is 0 Å². The molecule has 1 aromatic heterocycles. The zero-order valence-corrected chi connectivity index (χ0v) is 18.6. The Morgan fingerprint density at radius 1 is 0.765 bits per heavy atom. The second-order valence-electron chi connectivity index (χ2n) is 7.77. The molecule has 1 N–H and O–H groups in total. The lowest BCUT2D eigenvalue weighted by molar-refractivity contribution is 0.101. The SMILES string of the molecule is Cc1ccc(-n2nc(C(=O)Nc3ccc(Oc4ccccc4)cc3)nc2-c2ccccc2)cc1. The molecule has 0 aliphatic rings. The summed E-state index contributed by atoms with van der Waals surface area (Å²) in [6.07, 6.45) is 0. The topological polar surface area (TPSA) is 69.0 Å². The Morgan fingerprint density at radius 3 is 2.06 bits per heavy atom. The molecule has 0 aliphatic carbocycles. The maximum atomic E-state index is 13.0. The van der Waals surface area contributed by atoms with Crippen molar-refractivity contribution in [2.45, 2.75) is 6.92 Å². The Hall–Kier alpha value is -4.71. The number of aryl methyl sites for hydroxylation is 1. The van der Waals surface area contributed by atoms with Crippen molar-refractivity contribution in [3.63, 3.8) is 0 Å². The Morgan fingerprint density at radius 2 is 1.38 bits per heavy atom. The van der Waals surface area contributed by atoms with Crippen LogP contribution in [0.1, 0.15) is 16.2 Å². The van der Waals surface area contributed by atoms with Gasteiger partial charge in [-0.15, -0.1) is 5.10 Å². The average molecular weight is 447 g/mol. The van der Waals surface area contributed by atoms with Gasteiger partial charge in [-0.2, -0.15) is 0 Å². The van der Waals surface area contributed by atoms with E-state index in [1.807, 2.05) is 91.9 Å². The molecule has 0 saturated carbocycles. The van der Waals surface area contributed by atoms with E-state index in [4.69, 9.17) is 4.74 Å². The fourth-order valence-electron chi connectivity index (χ4n) is 3.47. The summed E-state index contributed by atoms with van der Waals surface area (Å²) in [7, 11) is 0. The van der Waals surface area contributed by atoms with E-state index in [9.17, 15) is 4.79 Å². The number of benzene rings is 4. The van der Waals surface area contributed by atoms with Gasteiger partial charge in [0.05, 0.1) is 5.69 Å². The third-order valence-electron chi connectivity index (χ3n) is 5.21. The monoisotopic (exact) mass is 446 g/mol. The van der Waals surface area contributed by atoms with Crippen LogP contribution in [-0.4, -0.2) is 20.7 Å². The van der Waals surface area contributed by atoms with Crippen LogP contribution in [0.3, 0.4) is 0 Å². The van der Waals surface area contributed by atoms with Crippen LogP contribution < -0.4 is 10.1 Å². The van der Waals surface area contributed by atoms with E-state index < -0.39 is 0 Å². The van der Waals surface area contributed by atoms with Gasteiger partial charge in [0, 0.05) is 11.3 Å². The predicted octanol–water partition coefficient (Wildman–Crippen LogP) is 6.29. The fraction of sp³-hybridized carbons (Fsp3) is 0.0357. The number of aromatic nitrogens is 3. The van der Waals surface area contributed by atoms with Crippen molar-refractivity contribution in [1.29, 1.82) is 0 Å². The Kier molecular flexibility index (Phi) is 5.86. The first-order chi connectivity index (χ1) is 16.7. The molecule has 1 amide bonds. The normalized spacial score (nSPS) is 10.6. The molecule has 5 aromatic rings. The van der Waals surface area contributed by atoms with E-state index >= 15 is 0 Å². The smallest absolute Gasteiger partial charge is 0.295 e. The first-order valence-corrected chi connectivity index (χ1v) is 10.9. The van der Waals surface area contributed by atoms with E-state index in [1.165, 1.54) is 0 Å². The predicted molar refractivity (Wildman–Crippen MR) is 132 cm³/mol. The molecular formula is C28H22N4O2. The van der Waals surface area contributed by atoms with Crippen molar-refractivity contribution in [2.24, 2.45) is 0 Å². The standard InChI is InChI=1S/C28H22N4O2/c1-20-12-16-23(17-13-20)32-27(21-8-4-2-5-9-21)30-26(31-32)28(33)29-22-14-18-25(19-15-22)34-24-10-6-3-7-11-24/h2-19H,1H3,(H,29,33). The van der Waals surface area contributed by atoms with E-state index in [0.717, 1.165) is 22.6 Å². The minimum absolute atomic E-state index is 0.0871. The minimum atomic E-state index is -0.389. The first-order valence-electron chi connectivity index (χ1n) is 10.9. The highest BCUT2D eigenvalue weighted by molar-refractivity contribution is 6.01. The number of hydrogen-bond acceptors (Lipinski definition) is 4. The largest absolute Gasteiger partial charge is 0.457 e. The van der Waals surface area contributed by atoms with Crippen molar-refractivity contribution in [2.75, 3.05) is 5.32 Å². The molecule has 0 unspecified atom stereocenters. The summed E-state index contributed by atoms with van der Waals surface area (Å²) in [5, 5.41) is 7.39. The molecule has 0 aliphatic heterocycles. The molecule has 166 valence electrons. The van der Waals surface area contributed by atoms with E-state index in [2.05, 4.69) is 15.4 Å². The number of para-hydroxylation sites is 1. The summed E-state index contributed by atoms with van der Waals surface area (Å²) in [5.74, 6) is 1.72. The van der Waals surface area contributed by atoms with Crippen molar-refractivity contribution >= 4 is 11.6 Å². The third-order valence-corrected chi connectivity index (χ3v) is 5.21. The number of hydrogen-bond donors (Lipinski definition) is 1. The highest BCUT2D eigenvalue weighted by atomic mass is 16.5. The molecule has 6 heteroatoms. The van der Waals surface area contributed by atoms with Crippen molar-refractivity contribution in [3.8, 4) is 28.6 Å². The number of nitrogens with one attached hydrogen (secondary N) is 1. The molecule has 0 radical (unpaired) electrons. The third kappa shape index (κ3) is 4.71. The molecule has 0 atom stereocenters. The molecule has 34 heavy (non-hydrogen) atoms. The van der Waals surface area contributed by atoms with Crippen LogP contribution in [-0.2, 0) is 0 Å². The first kappa shape index (κ1) is 21.2. The Labute approximate surface area is 197 Å². The zero-order valence-electron chi connectivity index (χ0n) is 18.6. The zero-order chi connectivity index (χ0) is 23.3. The van der Waals surface area contributed by atoms with E-state index in [-0.39, 0.29) is 11.7 Å². The molecule has 4 aromatic carbocycles. The molecular weight excluding hydrogens is 424 g/mol. The van der Waals surface area contributed by atoms with Gasteiger partial charge in [0.15, 0.2) is 5.82 Å².